The molecule has 2 nitrogen and oxygen atoms in total. The van der Waals surface area contributed by atoms with E-state index in [0.29, 0.717) is 0 Å². The molecule has 0 fully saturated rings. The molecule has 0 aromatic heterocycles. The lowest BCUT2D eigenvalue weighted by molar-refractivity contribution is 0.264. The second-order valence-corrected chi connectivity index (χ2v) is 3.72. The molecule has 0 radical (unpaired) electrons. The second-order valence-electron chi connectivity index (χ2n) is 2.93. The third-order valence-corrected chi connectivity index (χ3v) is 2.07. The topological polar surface area (TPSA) is 6.48 Å². The molecule has 0 aromatic rings. The maximum atomic E-state index is 3.44. The minimum absolute atomic E-state index is 1.08. The van der Waals surface area contributed by atoms with Gasteiger partial charge in [-0.05, 0) is 20.6 Å². The number of likely N-dealkylation sites (N-methyl/N-ethyl adjacent to an activating group) is 2. The molecule has 0 rings (SSSR count). The molecule has 0 saturated carbocycles. The van der Waals surface area contributed by atoms with E-state index in [1.165, 1.54) is 6.54 Å². The van der Waals surface area contributed by atoms with Gasteiger partial charge in [0.2, 0.25) is 0 Å². The zero-order valence-corrected chi connectivity index (χ0v) is 9.39. The zero-order chi connectivity index (χ0) is 8.69. The Bertz CT molecular complexity index is 86.2. The molecule has 0 heterocycles. The van der Waals surface area contributed by atoms with Crippen LogP contribution >= 0.6 is 15.9 Å². The predicted octanol–water partition coefficient (Wildman–Crippen LogP) is 1.26. The van der Waals surface area contributed by atoms with Gasteiger partial charge in [-0.25, -0.2) is 0 Å². The standard InChI is InChI=1S/C8H19BrN2/c1-4-11(6-5-9)8-7-10(2)3/h4-8H2,1-3H3. The van der Waals surface area contributed by atoms with Gasteiger partial charge in [-0.2, -0.15) is 0 Å². The molecule has 0 unspecified atom stereocenters. The molecule has 0 aliphatic heterocycles. The first-order valence-electron chi connectivity index (χ1n) is 4.13. The first-order valence-corrected chi connectivity index (χ1v) is 5.26. The van der Waals surface area contributed by atoms with Gasteiger partial charge in [0.1, 0.15) is 0 Å². The van der Waals surface area contributed by atoms with E-state index in [0.717, 1.165) is 25.0 Å². The fourth-order valence-corrected chi connectivity index (χ4v) is 1.39. The molecule has 0 N–H and O–H groups in total. The van der Waals surface area contributed by atoms with Crippen LogP contribution < -0.4 is 0 Å². The molecule has 0 amide bonds. The summed E-state index contributed by atoms with van der Waals surface area (Å²) in [5, 5.41) is 1.08. The summed E-state index contributed by atoms with van der Waals surface area (Å²) in [6, 6.07) is 0. The molecule has 0 aromatic carbocycles. The normalized spacial score (nSPS) is 11.5. The lowest BCUT2D eigenvalue weighted by atomic mass is 10.4. The van der Waals surface area contributed by atoms with Crippen molar-refractivity contribution in [2.45, 2.75) is 6.92 Å². The van der Waals surface area contributed by atoms with E-state index in [9.17, 15) is 0 Å². The fraction of sp³-hybridized carbons (Fsp3) is 1.00. The van der Waals surface area contributed by atoms with E-state index >= 15 is 0 Å². The van der Waals surface area contributed by atoms with Crippen LogP contribution in [0.25, 0.3) is 0 Å². The molecule has 11 heavy (non-hydrogen) atoms. The Hall–Kier alpha value is 0.400. The Morgan fingerprint density at radius 1 is 1.09 bits per heavy atom. The monoisotopic (exact) mass is 222 g/mol. The van der Waals surface area contributed by atoms with E-state index in [-0.39, 0.29) is 0 Å². The van der Waals surface area contributed by atoms with Crippen LogP contribution in [0, 0.1) is 0 Å². The molecule has 68 valence electrons. The van der Waals surface area contributed by atoms with E-state index in [1.807, 2.05) is 0 Å². The van der Waals surface area contributed by atoms with Gasteiger partial charge in [0.25, 0.3) is 0 Å². The summed E-state index contributed by atoms with van der Waals surface area (Å²) in [4.78, 5) is 4.66. The maximum absolute atomic E-state index is 3.44. The lowest BCUT2D eigenvalue weighted by Gasteiger charge is -2.21. The summed E-state index contributed by atoms with van der Waals surface area (Å²) in [5.41, 5.74) is 0. The fourth-order valence-electron chi connectivity index (χ4n) is 0.889. The Balaban J connectivity index is 3.35. The molecule has 0 saturated heterocycles. The van der Waals surface area contributed by atoms with Crippen LogP contribution in [0.3, 0.4) is 0 Å². The smallest absolute Gasteiger partial charge is 0.0159 e. The number of alkyl halides is 1. The molecule has 0 atom stereocenters. The third-order valence-electron chi connectivity index (χ3n) is 1.71. The van der Waals surface area contributed by atoms with Crippen molar-refractivity contribution in [2.24, 2.45) is 0 Å². The van der Waals surface area contributed by atoms with Gasteiger partial charge in [-0.1, -0.05) is 22.9 Å². The summed E-state index contributed by atoms with van der Waals surface area (Å²) < 4.78 is 0. The van der Waals surface area contributed by atoms with Crippen molar-refractivity contribution in [2.75, 3.05) is 45.6 Å². The first kappa shape index (κ1) is 11.4. The molecule has 0 spiro atoms. The number of nitrogens with zero attached hydrogens (tertiary/aromatic N) is 2. The summed E-state index contributed by atoms with van der Waals surface area (Å²) in [7, 11) is 4.23. The van der Waals surface area contributed by atoms with Gasteiger partial charge in [0.05, 0.1) is 0 Å². The molecule has 0 aliphatic carbocycles. The van der Waals surface area contributed by atoms with Crippen LogP contribution in [-0.2, 0) is 0 Å². The Kier molecular flexibility index (Phi) is 7.33. The maximum Gasteiger partial charge on any atom is 0.0159 e. The average molecular weight is 223 g/mol. The Labute approximate surface area is 78.7 Å². The van der Waals surface area contributed by atoms with Crippen molar-refractivity contribution in [1.82, 2.24) is 9.80 Å². The van der Waals surface area contributed by atoms with Gasteiger partial charge in [-0.3, -0.25) is 0 Å². The van der Waals surface area contributed by atoms with E-state index in [1.54, 1.807) is 0 Å². The number of halogens is 1. The van der Waals surface area contributed by atoms with Crippen molar-refractivity contribution in [3.63, 3.8) is 0 Å². The minimum atomic E-state index is 1.08. The van der Waals surface area contributed by atoms with Crippen LogP contribution in [0.2, 0.25) is 0 Å². The van der Waals surface area contributed by atoms with Crippen molar-refractivity contribution in [1.29, 1.82) is 0 Å². The highest BCUT2D eigenvalue weighted by molar-refractivity contribution is 9.09. The van der Waals surface area contributed by atoms with Crippen molar-refractivity contribution in [3.8, 4) is 0 Å². The molecule has 0 bridgehead atoms. The van der Waals surface area contributed by atoms with Crippen LogP contribution in [0.5, 0.6) is 0 Å². The largest absolute Gasteiger partial charge is 0.308 e. The van der Waals surface area contributed by atoms with Crippen molar-refractivity contribution in [3.05, 3.63) is 0 Å². The summed E-state index contributed by atoms with van der Waals surface area (Å²) >= 11 is 3.44. The molecule has 3 heteroatoms. The predicted molar refractivity (Wildman–Crippen MR) is 54.5 cm³/mol. The molecular weight excluding hydrogens is 204 g/mol. The van der Waals surface area contributed by atoms with Gasteiger partial charge >= 0.3 is 0 Å². The minimum Gasteiger partial charge on any atom is -0.308 e. The summed E-state index contributed by atoms with van der Waals surface area (Å²) in [6.45, 7) is 6.85. The summed E-state index contributed by atoms with van der Waals surface area (Å²) in [5.74, 6) is 0. The average Bonchev–Trinajstić information content (AvgIpc) is 1.97. The molecular formula is C8H19BrN2. The van der Waals surface area contributed by atoms with Gasteiger partial charge in [0.15, 0.2) is 0 Å². The number of hydrogen-bond donors (Lipinski definition) is 0. The van der Waals surface area contributed by atoms with Crippen molar-refractivity contribution < 1.29 is 0 Å². The van der Waals surface area contributed by atoms with Gasteiger partial charge in [-0.15, -0.1) is 0 Å². The van der Waals surface area contributed by atoms with Crippen LogP contribution in [-0.4, -0.2) is 55.4 Å². The Morgan fingerprint density at radius 3 is 2.09 bits per heavy atom. The van der Waals surface area contributed by atoms with E-state index < -0.39 is 0 Å². The van der Waals surface area contributed by atoms with E-state index in [4.69, 9.17) is 0 Å². The number of hydrogen-bond acceptors (Lipinski definition) is 2. The number of rotatable bonds is 6. The van der Waals surface area contributed by atoms with Crippen LogP contribution in [0.4, 0.5) is 0 Å². The van der Waals surface area contributed by atoms with Gasteiger partial charge in [0, 0.05) is 25.0 Å². The van der Waals surface area contributed by atoms with Crippen molar-refractivity contribution >= 4 is 15.9 Å². The second kappa shape index (κ2) is 7.07. The molecule has 0 aliphatic rings. The highest BCUT2D eigenvalue weighted by atomic mass is 79.9. The zero-order valence-electron chi connectivity index (χ0n) is 7.81. The summed E-state index contributed by atoms with van der Waals surface area (Å²) in [6.07, 6.45) is 0. The van der Waals surface area contributed by atoms with Crippen LogP contribution in [0.1, 0.15) is 6.92 Å². The highest BCUT2D eigenvalue weighted by Gasteiger charge is 2.00. The van der Waals surface area contributed by atoms with Gasteiger partial charge < -0.3 is 9.80 Å². The quantitative estimate of drug-likeness (QED) is 0.625. The third kappa shape index (κ3) is 6.78. The SMILES string of the molecule is CCN(CCBr)CCN(C)C. The highest BCUT2D eigenvalue weighted by Crippen LogP contribution is 1.90. The first-order chi connectivity index (χ1) is 5.20. The van der Waals surface area contributed by atoms with Crippen LogP contribution in [0.15, 0.2) is 0 Å². The van der Waals surface area contributed by atoms with E-state index in [2.05, 4.69) is 46.7 Å². The lowest BCUT2D eigenvalue weighted by Crippen LogP contribution is -2.32. The Morgan fingerprint density at radius 2 is 1.73 bits per heavy atom.